The molecule has 0 spiro atoms. The van der Waals surface area contributed by atoms with Crippen molar-refractivity contribution < 1.29 is 0 Å². The molecule has 2 aliphatic rings. The zero-order chi connectivity index (χ0) is 12.5. The summed E-state index contributed by atoms with van der Waals surface area (Å²) >= 11 is 0. The van der Waals surface area contributed by atoms with Gasteiger partial charge in [0.05, 0.1) is 6.04 Å². The van der Waals surface area contributed by atoms with Crippen molar-refractivity contribution in [3.8, 4) is 0 Å². The first-order valence-corrected chi connectivity index (χ1v) is 7.43. The van der Waals surface area contributed by atoms with Crippen molar-refractivity contribution in [3.63, 3.8) is 0 Å². The Morgan fingerprint density at radius 1 is 1.17 bits per heavy atom. The lowest BCUT2D eigenvalue weighted by Crippen LogP contribution is -2.32. The standard InChI is InChI=1S/C14H24N4/c1-10(12-7-8-12)15-11(2)14-17-16-13-6-4-3-5-9-18(13)14/h10-12,15H,3-9H2,1-2H3. The molecule has 0 radical (unpaired) electrons. The predicted octanol–water partition coefficient (Wildman–Crippen LogP) is 2.45. The van der Waals surface area contributed by atoms with E-state index >= 15 is 0 Å². The van der Waals surface area contributed by atoms with Crippen molar-refractivity contribution in [1.29, 1.82) is 0 Å². The second-order valence-corrected chi connectivity index (χ2v) is 5.95. The molecule has 4 nitrogen and oxygen atoms in total. The topological polar surface area (TPSA) is 42.7 Å². The number of aryl methyl sites for hydroxylation is 1. The van der Waals surface area contributed by atoms with Crippen molar-refractivity contribution in [3.05, 3.63) is 11.6 Å². The monoisotopic (exact) mass is 248 g/mol. The lowest BCUT2D eigenvalue weighted by molar-refractivity contribution is 0.415. The molecule has 2 heterocycles. The van der Waals surface area contributed by atoms with Gasteiger partial charge in [0.15, 0.2) is 0 Å². The minimum Gasteiger partial charge on any atom is -0.314 e. The number of rotatable bonds is 4. The average molecular weight is 248 g/mol. The summed E-state index contributed by atoms with van der Waals surface area (Å²) in [7, 11) is 0. The first kappa shape index (κ1) is 12.2. The summed E-state index contributed by atoms with van der Waals surface area (Å²) in [5.41, 5.74) is 0. The number of nitrogens with zero attached hydrogens (tertiary/aromatic N) is 3. The number of fused-ring (bicyclic) bond motifs is 1. The minimum absolute atomic E-state index is 0.319. The largest absolute Gasteiger partial charge is 0.314 e. The van der Waals surface area contributed by atoms with Crippen molar-refractivity contribution >= 4 is 0 Å². The molecule has 0 bridgehead atoms. The molecule has 2 atom stereocenters. The van der Waals surface area contributed by atoms with Gasteiger partial charge in [0.1, 0.15) is 11.6 Å². The number of aromatic nitrogens is 3. The second-order valence-electron chi connectivity index (χ2n) is 5.95. The predicted molar refractivity (Wildman–Crippen MR) is 71.3 cm³/mol. The Morgan fingerprint density at radius 2 is 2.00 bits per heavy atom. The van der Waals surface area contributed by atoms with Crippen LogP contribution in [0.1, 0.15) is 63.6 Å². The van der Waals surface area contributed by atoms with E-state index in [4.69, 9.17) is 0 Å². The molecule has 1 fully saturated rings. The molecule has 0 saturated heterocycles. The fourth-order valence-electron chi connectivity index (χ4n) is 3.03. The fourth-order valence-corrected chi connectivity index (χ4v) is 3.03. The highest BCUT2D eigenvalue weighted by Crippen LogP contribution is 2.33. The quantitative estimate of drug-likeness (QED) is 0.890. The molecule has 1 aliphatic heterocycles. The summed E-state index contributed by atoms with van der Waals surface area (Å²) in [5, 5.41) is 12.5. The zero-order valence-corrected chi connectivity index (χ0v) is 11.5. The van der Waals surface area contributed by atoms with Crippen molar-refractivity contribution in [2.45, 2.75) is 71.0 Å². The van der Waals surface area contributed by atoms with Gasteiger partial charge in [0, 0.05) is 19.0 Å². The molecular weight excluding hydrogens is 224 g/mol. The summed E-state index contributed by atoms with van der Waals surface area (Å²) in [5.74, 6) is 3.22. The van der Waals surface area contributed by atoms with E-state index in [2.05, 4.69) is 33.9 Å². The van der Waals surface area contributed by atoms with Gasteiger partial charge in [0.2, 0.25) is 0 Å². The third kappa shape index (κ3) is 2.44. The van der Waals surface area contributed by atoms with Crippen LogP contribution < -0.4 is 5.32 Å². The first-order valence-electron chi connectivity index (χ1n) is 7.43. The van der Waals surface area contributed by atoms with Gasteiger partial charge < -0.3 is 9.88 Å². The summed E-state index contributed by atoms with van der Waals surface area (Å²) < 4.78 is 2.35. The third-order valence-corrected chi connectivity index (χ3v) is 4.37. The first-order chi connectivity index (χ1) is 8.75. The number of nitrogens with one attached hydrogen (secondary N) is 1. The maximum absolute atomic E-state index is 4.42. The van der Waals surface area contributed by atoms with E-state index in [0.29, 0.717) is 12.1 Å². The van der Waals surface area contributed by atoms with Crippen LogP contribution in [-0.2, 0) is 13.0 Å². The summed E-state index contributed by atoms with van der Waals surface area (Å²) in [6, 6.07) is 0.929. The van der Waals surface area contributed by atoms with E-state index < -0.39 is 0 Å². The molecule has 100 valence electrons. The molecule has 2 unspecified atom stereocenters. The van der Waals surface area contributed by atoms with E-state index in [1.54, 1.807) is 0 Å². The highest BCUT2D eigenvalue weighted by Gasteiger charge is 2.30. The van der Waals surface area contributed by atoms with E-state index in [-0.39, 0.29) is 0 Å². The van der Waals surface area contributed by atoms with Crippen LogP contribution in [0.2, 0.25) is 0 Å². The van der Waals surface area contributed by atoms with Crippen LogP contribution in [0.3, 0.4) is 0 Å². The highest BCUT2D eigenvalue weighted by atomic mass is 15.3. The Morgan fingerprint density at radius 3 is 2.78 bits per heavy atom. The Hall–Kier alpha value is -0.900. The number of hydrogen-bond donors (Lipinski definition) is 1. The van der Waals surface area contributed by atoms with E-state index in [0.717, 1.165) is 24.7 Å². The van der Waals surface area contributed by atoms with Crippen LogP contribution in [0.15, 0.2) is 0 Å². The molecule has 1 aromatic heterocycles. The Balaban J connectivity index is 1.72. The molecule has 1 aliphatic carbocycles. The van der Waals surface area contributed by atoms with Gasteiger partial charge in [-0.3, -0.25) is 0 Å². The molecule has 1 saturated carbocycles. The van der Waals surface area contributed by atoms with Gasteiger partial charge in [0.25, 0.3) is 0 Å². The molecule has 0 amide bonds. The highest BCUT2D eigenvalue weighted by molar-refractivity contribution is 5.03. The summed E-state index contributed by atoms with van der Waals surface area (Å²) in [6.07, 6.45) is 7.72. The Labute approximate surface area is 109 Å². The Bertz CT molecular complexity index is 408. The van der Waals surface area contributed by atoms with Crippen LogP contribution in [-0.4, -0.2) is 20.8 Å². The average Bonchev–Trinajstić information content (AvgIpc) is 3.15. The molecular formula is C14H24N4. The smallest absolute Gasteiger partial charge is 0.149 e. The normalized spacial score (nSPS) is 23.2. The van der Waals surface area contributed by atoms with E-state index in [9.17, 15) is 0 Å². The van der Waals surface area contributed by atoms with E-state index in [1.807, 2.05) is 0 Å². The van der Waals surface area contributed by atoms with Crippen LogP contribution in [0.25, 0.3) is 0 Å². The fraction of sp³-hybridized carbons (Fsp3) is 0.857. The van der Waals surface area contributed by atoms with E-state index in [1.165, 1.54) is 37.9 Å². The molecule has 4 heteroatoms. The lowest BCUT2D eigenvalue weighted by atomic mass is 10.2. The molecule has 1 N–H and O–H groups in total. The van der Waals surface area contributed by atoms with Gasteiger partial charge in [-0.2, -0.15) is 0 Å². The molecule has 3 rings (SSSR count). The SMILES string of the molecule is CC(NC(C)C1CC1)c1nnc2n1CCCCC2. The van der Waals surface area contributed by atoms with Gasteiger partial charge in [-0.15, -0.1) is 10.2 Å². The van der Waals surface area contributed by atoms with Crippen LogP contribution in [0.4, 0.5) is 0 Å². The van der Waals surface area contributed by atoms with Gasteiger partial charge >= 0.3 is 0 Å². The molecule has 1 aromatic rings. The van der Waals surface area contributed by atoms with Crippen LogP contribution >= 0.6 is 0 Å². The van der Waals surface area contributed by atoms with Crippen molar-refractivity contribution in [2.75, 3.05) is 0 Å². The van der Waals surface area contributed by atoms with Crippen molar-refractivity contribution in [2.24, 2.45) is 5.92 Å². The third-order valence-electron chi connectivity index (χ3n) is 4.37. The molecule has 0 aromatic carbocycles. The zero-order valence-electron chi connectivity index (χ0n) is 11.5. The van der Waals surface area contributed by atoms with Gasteiger partial charge in [-0.1, -0.05) is 6.42 Å². The lowest BCUT2D eigenvalue weighted by Gasteiger charge is -2.20. The van der Waals surface area contributed by atoms with Gasteiger partial charge in [-0.05, 0) is 45.4 Å². The maximum atomic E-state index is 4.42. The maximum Gasteiger partial charge on any atom is 0.149 e. The molecule has 18 heavy (non-hydrogen) atoms. The van der Waals surface area contributed by atoms with Gasteiger partial charge in [-0.25, -0.2) is 0 Å². The minimum atomic E-state index is 0.319. The van der Waals surface area contributed by atoms with Crippen LogP contribution in [0, 0.1) is 5.92 Å². The summed E-state index contributed by atoms with van der Waals surface area (Å²) in [6.45, 7) is 5.62. The summed E-state index contributed by atoms with van der Waals surface area (Å²) in [4.78, 5) is 0. The Kier molecular flexibility index (Phi) is 3.37. The van der Waals surface area contributed by atoms with Crippen molar-refractivity contribution in [1.82, 2.24) is 20.1 Å². The number of hydrogen-bond acceptors (Lipinski definition) is 3. The second kappa shape index (κ2) is 5.00. The van der Waals surface area contributed by atoms with Crippen LogP contribution in [0.5, 0.6) is 0 Å².